The van der Waals surface area contributed by atoms with E-state index in [1.54, 1.807) is 0 Å². The van der Waals surface area contributed by atoms with Crippen molar-refractivity contribution in [1.29, 1.82) is 0 Å². The molecule has 10 aromatic rings. The lowest BCUT2D eigenvalue weighted by atomic mass is 10.1. The number of benzene rings is 7. The normalized spacial score (nSPS) is 12.7. The highest BCUT2D eigenvalue weighted by Crippen LogP contribution is 2.51. The fourth-order valence-electron chi connectivity index (χ4n) is 7.90. The van der Waals surface area contributed by atoms with Gasteiger partial charge in [-0.25, -0.2) is 0 Å². The molecule has 0 saturated carbocycles. The van der Waals surface area contributed by atoms with E-state index < -0.39 is 0 Å². The fraction of sp³-hybridized carbons (Fsp3) is 0. The van der Waals surface area contributed by atoms with Gasteiger partial charge >= 0.3 is 0 Å². The zero-order valence-corrected chi connectivity index (χ0v) is 24.7. The monoisotopic (exact) mass is 587 g/mol. The van der Waals surface area contributed by atoms with E-state index in [1.807, 2.05) is 6.07 Å². The molecule has 0 aliphatic carbocycles. The van der Waals surface area contributed by atoms with Crippen molar-refractivity contribution in [2.24, 2.45) is 0 Å². The number of furan rings is 1. The van der Waals surface area contributed by atoms with Gasteiger partial charge in [-0.05, 0) is 72.8 Å². The van der Waals surface area contributed by atoms with E-state index in [-0.39, 0.29) is 0 Å². The van der Waals surface area contributed by atoms with Gasteiger partial charge in [0.2, 0.25) is 0 Å². The van der Waals surface area contributed by atoms with Crippen molar-refractivity contribution < 1.29 is 4.42 Å². The first-order valence-electron chi connectivity index (χ1n) is 15.7. The van der Waals surface area contributed by atoms with E-state index in [2.05, 4.69) is 160 Å². The molecule has 0 fully saturated rings. The third-order valence-electron chi connectivity index (χ3n) is 9.80. The number of para-hydroxylation sites is 6. The van der Waals surface area contributed by atoms with Crippen LogP contribution in [0.1, 0.15) is 0 Å². The van der Waals surface area contributed by atoms with Crippen LogP contribution in [-0.4, -0.2) is 9.13 Å². The van der Waals surface area contributed by atoms with Gasteiger partial charge in [-0.3, -0.25) is 0 Å². The molecule has 11 rings (SSSR count). The Morgan fingerprint density at radius 1 is 0.348 bits per heavy atom. The Bertz CT molecular complexity index is 2870. The smallest absolute Gasteiger partial charge is 0.136 e. The standard InChI is InChI=1S/C42H25N3O/c1-2-11-26(12-3-1)43-34-16-6-4-13-28(34)31-23-27(21-22-35(31)43)44-36-17-7-8-18-37(36)45-39-24-33-29-14-5-9-20-40(29)46-41(33)25-32(39)30-15-10-19-38(44)42(30)45/h1-25H. The highest BCUT2D eigenvalue weighted by Gasteiger charge is 2.29. The highest BCUT2D eigenvalue weighted by molar-refractivity contribution is 6.21. The minimum atomic E-state index is 0.919. The second-order valence-corrected chi connectivity index (χ2v) is 12.2. The van der Waals surface area contributed by atoms with Crippen molar-refractivity contribution in [3.63, 3.8) is 0 Å². The molecule has 4 heteroatoms. The van der Waals surface area contributed by atoms with Crippen LogP contribution in [0.4, 0.5) is 17.1 Å². The lowest BCUT2D eigenvalue weighted by Crippen LogP contribution is -2.18. The summed E-state index contributed by atoms with van der Waals surface area (Å²) in [5.74, 6) is 0. The number of hydrogen-bond donors (Lipinski definition) is 0. The van der Waals surface area contributed by atoms with Crippen LogP contribution >= 0.6 is 0 Å². The van der Waals surface area contributed by atoms with Crippen LogP contribution in [-0.2, 0) is 0 Å². The SMILES string of the molecule is c1ccc(-n2c3ccccc3c3cc(N4c5ccccc5-n5c6cc7c(cc6c6cccc4c65)oc4ccccc47)ccc32)cc1. The van der Waals surface area contributed by atoms with Crippen molar-refractivity contribution in [2.45, 2.75) is 0 Å². The molecule has 0 spiro atoms. The summed E-state index contributed by atoms with van der Waals surface area (Å²) in [6.07, 6.45) is 0. The Hall–Kier alpha value is -6.26. The molecular formula is C42H25N3O. The third-order valence-corrected chi connectivity index (χ3v) is 9.80. The Morgan fingerprint density at radius 2 is 1.04 bits per heavy atom. The summed E-state index contributed by atoms with van der Waals surface area (Å²) in [4.78, 5) is 2.43. The molecule has 0 atom stereocenters. The van der Waals surface area contributed by atoms with Crippen molar-refractivity contribution in [2.75, 3.05) is 4.90 Å². The number of anilines is 3. The summed E-state index contributed by atoms with van der Waals surface area (Å²) in [5, 5.41) is 7.18. The van der Waals surface area contributed by atoms with Crippen LogP contribution in [0.5, 0.6) is 0 Å². The van der Waals surface area contributed by atoms with Crippen LogP contribution in [0.2, 0.25) is 0 Å². The predicted molar refractivity (Wildman–Crippen MR) is 191 cm³/mol. The summed E-state index contributed by atoms with van der Waals surface area (Å²) in [7, 11) is 0. The van der Waals surface area contributed by atoms with Gasteiger partial charge in [-0.1, -0.05) is 78.9 Å². The largest absolute Gasteiger partial charge is 0.456 e. The summed E-state index contributed by atoms with van der Waals surface area (Å²) in [5.41, 5.74) is 12.4. The van der Waals surface area contributed by atoms with Crippen molar-refractivity contribution in [3.05, 3.63) is 152 Å². The van der Waals surface area contributed by atoms with E-state index in [0.717, 1.165) is 39.0 Å². The Kier molecular flexibility index (Phi) is 4.55. The van der Waals surface area contributed by atoms with E-state index in [0.29, 0.717) is 0 Å². The predicted octanol–water partition coefficient (Wildman–Crippen LogP) is 11.6. The fourth-order valence-corrected chi connectivity index (χ4v) is 7.90. The quantitative estimate of drug-likeness (QED) is 0.201. The lowest BCUT2D eigenvalue weighted by molar-refractivity contribution is 0.669. The molecule has 0 radical (unpaired) electrons. The van der Waals surface area contributed by atoms with Gasteiger partial charge in [-0.15, -0.1) is 0 Å². The van der Waals surface area contributed by atoms with Gasteiger partial charge in [-0.2, -0.15) is 0 Å². The summed E-state index contributed by atoms with van der Waals surface area (Å²) in [6.45, 7) is 0. The molecule has 214 valence electrons. The molecule has 1 aliphatic rings. The summed E-state index contributed by atoms with van der Waals surface area (Å²) in [6, 6.07) is 54.6. The second kappa shape index (κ2) is 8.68. The molecule has 46 heavy (non-hydrogen) atoms. The molecule has 0 unspecified atom stereocenters. The average molecular weight is 588 g/mol. The van der Waals surface area contributed by atoms with E-state index >= 15 is 0 Å². The topological polar surface area (TPSA) is 26.2 Å². The van der Waals surface area contributed by atoms with E-state index in [9.17, 15) is 0 Å². The molecule has 3 aromatic heterocycles. The van der Waals surface area contributed by atoms with Crippen molar-refractivity contribution in [1.82, 2.24) is 9.13 Å². The Balaban J connectivity index is 1.21. The van der Waals surface area contributed by atoms with Crippen molar-refractivity contribution in [3.8, 4) is 11.4 Å². The first-order valence-corrected chi connectivity index (χ1v) is 15.7. The van der Waals surface area contributed by atoms with Crippen LogP contribution in [0.15, 0.2) is 156 Å². The summed E-state index contributed by atoms with van der Waals surface area (Å²) >= 11 is 0. The third kappa shape index (κ3) is 3.03. The molecule has 4 heterocycles. The maximum absolute atomic E-state index is 6.35. The number of nitrogens with zero attached hydrogens (tertiary/aromatic N) is 3. The van der Waals surface area contributed by atoms with Crippen LogP contribution in [0, 0.1) is 0 Å². The summed E-state index contributed by atoms with van der Waals surface area (Å²) < 4.78 is 11.2. The van der Waals surface area contributed by atoms with Crippen LogP contribution in [0.25, 0.3) is 76.9 Å². The van der Waals surface area contributed by atoms with Gasteiger partial charge in [0.25, 0.3) is 0 Å². The maximum Gasteiger partial charge on any atom is 0.136 e. The minimum Gasteiger partial charge on any atom is -0.456 e. The average Bonchev–Trinajstić information content (AvgIpc) is 3.76. The zero-order chi connectivity index (χ0) is 29.9. The molecule has 7 aromatic carbocycles. The number of hydrogen-bond acceptors (Lipinski definition) is 2. The van der Waals surface area contributed by atoms with Gasteiger partial charge in [0.15, 0.2) is 0 Å². The van der Waals surface area contributed by atoms with Crippen LogP contribution < -0.4 is 4.90 Å². The van der Waals surface area contributed by atoms with Gasteiger partial charge in [0.05, 0.1) is 39.1 Å². The van der Waals surface area contributed by atoms with Gasteiger partial charge in [0, 0.05) is 43.7 Å². The highest BCUT2D eigenvalue weighted by atomic mass is 16.3. The van der Waals surface area contributed by atoms with Crippen molar-refractivity contribution >= 4 is 82.6 Å². The second-order valence-electron chi connectivity index (χ2n) is 12.2. The molecule has 0 saturated heterocycles. The van der Waals surface area contributed by atoms with E-state index in [4.69, 9.17) is 4.42 Å². The molecular weight excluding hydrogens is 562 g/mol. The Morgan fingerprint density at radius 3 is 1.96 bits per heavy atom. The molecule has 4 nitrogen and oxygen atoms in total. The van der Waals surface area contributed by atoms with Gasteiger partial charge in [0.1, 0.15) is 11.2 Å². The van der Waals surface area contributed by atoms with Crippen LogP contribution in [0.3, 0.4) is 0 Å². The molecule has 0 amide bonds. The first-order chi connectivity index (χ1) is 22.8. The number of fused-ring (bicyclic) bond motifs is 11. The maximum atomic E-state index is 6.35. The zero-order valence-electron chi connectivity index (χ0n) is 24.7. The van der Waals surface area contributed by atoms with E-state index in [1.165, 1.54) is 55.0 Å². The number of rotatable bonds is 2. The molecule has 0 N–H and O–H groups in total. The minimum absolute atomic E-state index is 0.919. The number of aromatic nitrogens is 2. The first kappa shape index (κ1) is 24.1. The van der Waals surface area contributed by atoms with Gasteiger partial charge < -0.3 is 18.5 Å². The molecule has 0 bridgehead atoms. The Labute approximate surface area is 263 Å². The molecule has 1 aliphatic heterocycles. The lowest BCUT2D eigenvalue weighted by Gasteiger charge is -2.33.